The third-order valence-corrected chi connectivity index (χ3v) is 6.25. The van der Waals surface area contributed by atoms with Gasteiger partial charge in [-0.1, -0.05) is 41.9 Å². The summed E-state index contributed by atoms with van der Waals surface area (Å²) in [5.41, 5.74) is 1.87. The normalized spacial score (nSPS) is 14.5. The van der Waals surface area contributed by atoms with Crippen LogP contribution in [0.5, 0.6) is 0 Å². The first-order valence-corrected chi connectivity index (χ1v) is 11.6. The van der Waals surface area contributed by atoms with Gasteiger partial charge in [-0.2, -0.15) is 0 Å². The summed E-state index contributed by atoms with van der Waals surface area (Å²) < 4.78 is 5.62. The predicted octanol–water partition coefficient (Wildman–Crippen LogP) is 5.31. The summed E-state index contributed by atoms with van der Waals surface area (Å²) in [6.07, 6.45) is 4.20. The van der Waals surface area contributed by atoms with Crippen molar-refractivity contribution in [3.63, 3.8) is 0 Å². The number of hydrogen-bond donors (Lipinski definition) is 1. The number of aromatic nitrogens is 2. The van der Waals surface area contributed by atoms with Gasteiger partial charge < -0.3 is 14.6 Å². The molecule has 33 heavy (non-hydrogen) atoms. The smallest absolute Gasteiger partial charge is 0.221 e. The van der Waals surface area contributed by atoms with Gasteiger partial charge in [0, 0.05) is 29.9 Å². The highest BCUT2D eigenvalue weighted by Gasteiger charge is 2.22. The van der Waals surface area contributed by atoms with Gasteiger partial charge in [0.25, 0.3) is 0 Å². The van der Waals surface area contributed by atoms with E-state index in [1.54, 1.807) is 6.26 Å². The molecule has 2 aromatic heterocycles. The number of anilines is 1. The summed E-state index contributed by atoms with van der Waals surface area (Å²) >= 11 is 6.24. The number of rotatable bonds is 7. The zero-order valence-corrected chi connectivity index (χ0v) is 19.0. The minimum atomic E-state index is -0.152. The number of carbonyl (C=O) groups excluding carboxylic acids is 1. The van der Waals surface area contributed by atoms with E-state index in [1.165, 1.54) is 0 Å². The second kappa shape index (κ2) is 9.63. The first-order valence-electron chi connectivity index (χ1n) is 11.2. The third-order valence-electron chi connectivity index (χ3n) is 6.01. The van der Waals surface area contributed by atoms with Crippen LogP contribution in [0.1, 0.15) is 42.3 Å². The first-order chi connectivity index (χ1) is 16.2. The molecule has 0 bridgehead atoms. The standard InChI is InChI=1S/C26H25ClN4O2/c27-19-10-11-22-21(15-19)26(31-12-4-5-13-31)30-24(29-22)17-28-25(32)16-20(23-9-6-14-33-23)18-7-2-1-3-8-18/h1-3,6-11,14-15,20H,4-5,12-13,16-17H2,(H,28,32). The van der Waals surface area contributed by atoms with Gasteiger partial charge in [0.05, 0.1) is 24.2 Å². The number of nitrogens with zero attached hydrogens (tertiary/aromatic N) is 3. The SMILES string of the molecule is O=C(CC(c1ccccc1)c1ccco1)NCc1nc(N2CCCC2)c2cc(Cl)ccc2n1. The van der Waals surface area contributed by atoms with Crippen molar-refractivity contribution in [1.82, 2.24) is 15.3 Å². The molecule has 1 fully saturated rings. The molecular weight excluding hydrogens is 436 g/mol. The van der Waals surface area contributed by atoms with Gasteiger partial charge in [0.1, 0.15) is 11.6 Å². The largest absolute Gasteiger partial charge is 0.469 e. The van der Waals surface area contributed by atoms with E-state index in [2.05, 4.69) is 15.2 Å². The maximum atomic E-state index is 12.9. The van der Waals surface area contributed by atoms with Crippen molar-refractivity contribution in [2.24, 2.45) is 0 Å². The van der Waals surface area contributed by atoms with Gasteiger partial charge in [-0.05, 0) is 48.7 Å². The average molecular weight is 461 g/mol. The van der Waals surface area contributed by atoms with Gasteiger partial charge in [-0.3, -0.25) is 4.79 Å². The predicted molar refractivity (Wildman–Crippen MR) is 129 cm³/mol. The van der Waals surface area contributed by atoms with Crippen LogP contribution < -0.4 is 10.2 Å². The lowest BCUT2D eigenvalue weighted by atomic mass is 9.93. The number of nitrogens with one attached hydrogen (secondary N) is 1. The molecule has 6 nitrogen and oxygen atoms in total. The third kappa shape index (κ3) is 4.86. The summed E-state index contributed by atoms with van der Waals surface area (Å²) in [6.45, 7) is 2.19. The Morgan fingerprint density at radius 1 is 1.06 bits per heavy atom. The molecule has 2 aromatic carbocycles. The topological polar surface area (TPSA) is 71.3 Å². The second-order valence-electron chi connectivity index (χ2n) is 8.28. The van der Waals surface area contributed by atoms with Crippen LogP contribution in [-0.2, 0) is 11.3 Å². The van der Waals surface area contributed by atoms with Crippen LogP contribution in [0.3, 0.4) is 0 Å². The number of hydrogen-bond acceptors (Lipinski definition) is 5. The molecular formula is C26H25ClN4O2. The van der Waals surface area contributed by atoms with E-state index < -0.39 is 0 Å². The second-order valence-corrected chi connectivity index (χ2v) is 8.72. The van der Waals surface area contributed by atoms with Crippen LogP contribution in [0.25, 0.3) is 10.9 Å². The number of fused-ring (bicyclic) bond motifs is 1. The maximum absolute atomic E-state index is 12.9. The van der Waals surface area contributed by atoms with Gasteiger partial charge in [-0.15, -0.1) is 0 Å². The fourth-order valence-corrected chi connectivity index (χ4v) is 4.55. The van der Waals surface area contributed by atoms with E-state index in [0.29, 0.717) is 10.8 Å². The van der Waals surface area contributed by atoms with Crippen molar-refractivity contribution in [2.45, 2.75) is 31.7 Å². The Morgan fingerprint density at radius 3 is 2.64 bits per heavy atom. The van der Waals surface area contributed by atoms with Gasteiger partial charge >= 0.3 is 0 Å². The Labute approximate surface area is 197 Å². The van der Waals surface area contributed by atoms with Gasteiger partial charge in [-0.25, -0.2) is 9.97 Å². The molecule has 7 heteroatoms. The first kappa shape index (κ1) is 21.5. The number of amides is 1. The Balaban J connectivity index is 1.35. The van der Waals surface area contributed by atoms with Gasteiger partial charge in [0.15, 0.2) is 5.82 Å². The van der Waals surface area contributed by atoms with Crippen LogP contribution in [0.4, 0.5) is 5.82 Å². The van der Waals surface area contributed by atoms with Crippen LogP contribution in [0, 0.1) is 0 Å². The summed E-state index contributed by atoms with van der Waals surface area (Å²) in [6, 6.07) is 19.3. The zero-order valence-electron chi connectivity index (χ0n) is 18.2. The number of halogens is 1. The lowest BCUT2D eigenvalue weighted by Gasteiger charge is -2.20. The molecule has 1 unspecified atom stereocenters. The Morgan fingerprint density at radius 2 is 1.88 bits per heavy atom. The van der Waals surface area contributed by atoms with Crippen LogP contribution in [0.15, 0.2) is 71.3 Å². The van der Waals surface area contributed by atoms with Crippen molar-refractivity contribution in [3.8, 4) is 0 Å². The summed E-state index contributed by atoms with van der Waals surface area (Å²) in [5.74, 6) is 2.02. The molecule has 4 aromatic rings. The molecule has 0 spiro atoms. The lowest BCUT2D eigenvalue weighted by molar-refractivity contribution is -0.121. The number of furan rings is 1. The molecule has 1 aliphatic heterocycles. The molecule has 1 saturated heterocycles. The molecule has 1 aliphatic rings. The fraction of sp³-hybridized carbons (Fsp3) is 0.269. The molecule has 0 aliphatic carbocycles. The molecule has 1 N–H and O–H groups in total. The van der Waals surface area contributed by atoms with E-state index in [1.807, 2.05) is 60.7 Å². The molecule has 0 radical (unpaired) electrons. The van der Waals surface area contributed by atoms with E-state index in [4.69, 9.17) is 21.0 Å². The minimum Gasteiger partial charge on any atom is -0.469 e. The zero-order chi connectivity index (χ0) is 22.6. The summed E-state index contributed by atoms with van der Waals surface area (Å²) in [7, 11) is 0. The molecule has 1 atom stereocenters. The van der Waals surface area contributed by atoms with Crippen molar-refractivity contribution >= 4 is 34.2 Å². The van der Waals surface area contributed by atoms with Crippen molar-refractivity contribution in [2.75, 3.05) is 18.0 Å². The average Bonchev–Trinajstić information content (AvgIpc) is 3.56. The highest BCUT2D eigenvalue weighted by atomic mass is 35.5. The highest BCUT2D eigenvalue weighted by molar-refractivity contribution is 6.31. The summed E-state index contributed by atoms with van der Waals surface area (Å²) in [5, 5.41) is 4.61. The molecule has 5 rings (SSSR count). The van der Waals surface area contributed by atoms with E-state index in [-0.39, 0.29) is 24.8 Å². The molecule has 1 amide bonds. The monoisotopic (exact) mass is 460 g/mol. The van der Waals surface area contributed by atoms with Crippen molar-refractivity contribution < 1.29 is 9.21 Å². The Bertz CT molecular complexity index is 1240. The van der Waals surface area contributed by atoms with Gasteiger partial charge in [0.2, 0.25) is 5.91 Å². The lowest BCUT2D eigenvalue weighted by Crippen LogP contribution is -2.27. The van der Waals surface area contributed by atoms with Crippen molar-refractivity contribution in [1.29, 1.82) is 0 Å². The van der Waals surface area contributed by atoms with Crippen LogP contribution in [-0.4, -0.2) is 29.0 Å². The minimum absolute atomic E-state index is 0.0808. The summed E-state index contributed by atoms with van der Waals surface area (Å²) in [4.78, 5) is 24.7. The highest BCUT2D eigenvalue weighted by Crippen LogP contribution is 2.30. The van der Waals surface area contributed by atoms with E-state index >= 15 is 0 Å². The molecule has 168 valence electrons. The fourth-order valence-electron chi connectivity index (χ4n) is 4.37. The van der Waals surface area contributed by atoms with Crippen molar-refractivity contribution in [3.05, 3.63) is 89.1 Å². The molecule has 3 heterocycles. The number of benzene rings is 2. The van der Waals surface area contributed by atoms with Crippen LogP contribution in [0.2, 0.25) is 5.02 Å². The van der Waals surface area contributed by atoms with E-state index in [9.17, 15) is 4.79 Å². The van der Waals surface area contributed by atoms with E-state index in [0.717, 1.165) is 54.0 Å². The Hall–Kier alpha value is -3.38. The quantitative estimate of drug-likeness (QED) is 0.404. The maximum Gasteiger partial charge on any atom is 0.221 e. The van der Waals surface area contributed by atoms with Crippen LogP contribution >= 0.6 is 11.6 Å². The molecule has 0 saturated carbocycles. The number of carbonyl (C=O) groups is 1. The Kier molecular flexibility index (Phi) is 6.26.